The van der Waals surface area contributed by atoms with Crippen LogP contribution in [0.2, 0.25) is 0 Å². The molecule has 1 aliphatic rings. The molecule has 168 valence electrons. The van der Waals surface area contributed by atoms with Crippen LogP contribution in [0.5, 0.6) is 5.75 Å². The van der Waals surface area contributed by atoms with Crippen molar-refractivity contribution >= 4 is 23.2 Å². The van der Waals surface area contributed by atoms with Crippen LogP contribution in [-0.2, 0) is 16.1 Å². The van der Waals surface area contributed by atoms with Gasteiger partial charge in [-0.25, -0.2) is 4.98 Å². The highest BCUT2D eigenvalue weighted by Gasteiger charge is 2.42. The second-order valence-corrected chi connectivity index (χ2v) is 9.92. The predicted octanol–water partition coefficient (Wildman–Crippen LogP) is 1.78. The van der Waals surface area contributed by atoms with Gasteiger partial charge >= 0.3 is 0 Å². The minimum absolute atomic E-state index is 0.0692. The van der Waals surface area contributed by atoms with Gasteiger partial charge in [-0.05, 0) is 24.0 Å². The second-order valence-electron chi connectivity index (χ2n) is 9.07. The Morgan fingerprint density at radius 1 is 1.39 bits per heavy atom. The van der Waals surface area contributed by atoms with Crippen molar-refractivity contribution in [1.82, 2.24) is 15.2 Å². The van der Waals surface area contributed by atoms with Crippen LogP contribution in [0.25, 0.3) is 10.4 Å². The van der Waals surface area contributed by atoms with E-state index in [1.807, 2.05) is 33.8 Å². The minimum Gasteiger partial charge on any atom is -0.508 e. The summed E-state index contributed by atoms with van der Waals surface area (Å²) in [6.45, 7) is 7.67. The van der Waals surface area contributed by atoms with E-state index in [-0.39, 0.29) is 37.1 Å². The first-order valence-electron chi connectivity index (χ1n) is 10.2. The molecule has 0 saturated carbocycles. The molecule has 1 unspecified atom stereocenters. The van der Waals surface area contributed by atoms with Gasteiger partial charge in [0.1, 0.15) is 11.8 Å². The molecule has 0 radical (unpaired) electrons. The number of nitrogens with two attached hydrogens (primary N) is 1. The van der Waals surface area contributed by atoms with Gasteiger partial charge in [-0.1, -0.05) is 32.9 Å². The molecule has 2 amide bonds. The number of benzene rings is 1. The van der Waals surface area contributed by atoms with Gasteiger partial charge in [0.05, 0.1) is 28.2 Å². The van der Waals surface area contributed by atoms with E-state index in [0.717, 1.165) is 16.1 Å². The maximum Gasteiger partial charge on any atom is 0.243 e. The zero-order chi connectivity index (χ0) is 22.9. The predicted molar refractivity (Wildman–Crippen MR) is 119 cm³/mol. The number of aryl methyl sites for hydroxylation is 1. The lowest BCUT2D eigenvalue weighted by molar-refractivity contribution is -0.141. The first-order valence-corrected chi connectivity index (χ1v) is 11.1. The third kappa shape index (κ3) is 5.06. The normalized spacial score (nSPS) is 20.0. The van der Waals surface area contributed by atoms with Gasteiger partial charge in [0.15, 0.2) is 0 Å². The third-order valence-electron chi connectivity index (χ3n) is 5.61. The number of carbonyl (C=O) groups excluding carboxylic acids is 2. The number of nitrogens with one attached hydrogen (secondary N) is 1. The smallest absolute Gasteiger partial charge is 0.243 e. The van der Waals surface area contributed by atoms with Gasteiger partial charge in [0.2, 0.25) is 11.8 Å². The van der Waals surface area contributed by atoms with Crippen LogP contribution in [-0.4, -0.2) is 56.6 Å². The Hall–Kier alpha value is -2.49. The van der Waals surface area contributed by atoms with E-state index >= 15 is 0 Å². The average molecular weight is 447 g/mol. The maximum atomic E-state index is 12.8. The number of thiazole rings is 1. The molecular weight excluding hydrogens is 416 g/mol. The summed E-state index contributed by atoms with van der Waals surface area (Å²) in [5.41, 5.74) is 9.69. The van der Waals surface area contributed by atoms with Crippen molar-refractivity contribution in [2.75, 3.05) is 6.54 Å². The monoisotopic (exact) mass is 446 g/mol. The van der Waals surface area contributed by atoms with Crippen molar-refractivity contribution in [3.8, 4) is 16.2 Å². The van der Waals surface area contributed by atoms with Crippen LogP contribution < -0.4 is 11.1 Å². The Labute approximate surface area is 186 Å². The topological polar surface area (TPSA) is 129 Å². The lowest BCUT2D eigenvalue weighted by atomic mass is 9.86. The quantitative estimate of drug-likeness (QED) is 0.554. The molecule has 8 nitrogen and oxygen atoms in total. The number of likely N-dealkylation sites (tertiary alicyclic amines) is 1. The Balaban J connectivity index is 1.68. The SMILES string of the molecule is Cc1ncsc1-c1ccc(CNC(=O)[C@@H]2C[C@@H](O)CN2C(=O)C(N)C(C)(C)C)c(O)c1. The molecule has 1 aliphatic heterocycles. The van der Waals surface area contributed by atoms with Crippen molar-refractivity contribution in [3.05, 3.63) is 35.0 Å². The highest BCUT2D eigenvalue weighted by atomic mass is 32.1. The van der Waals surface area contributed by atoms with Crippen LogP contribution in [0.4, 0.5) is 0 Å². The van der Waals surface area contributed by atoms with E-state index in [0.29, 0.717) is 5.56 Å². The average Bonchev–Trinajstić information content (AvgIpc) is 3.30. The van der Waals surface area contributed by atoms with Crippen molar-refractivity contribution in [3.63, 3.8) is 0 Å². The Kier molecular flexibility index (Phi) is 6.68. The minimum atomic E-state index is -0.794. The maximum absolute atomic E-state index is 12.8. The highest BCUT2D eigenvalue weighted by molar-refractivity contribution is 7.13. The molecule has 1 aromatic heterocycles. The molecule has 2 heterocycles. The first-order chi connectivity index (χ1) is 14.5. The number of phenols is 1. The molecule has 3 rings (SSSR count). The summed E-state index contributed by atoms with van der Waals surface area (Å²) in [7, 11) is 0. The molecule has 31 heavy (non-hydrogen) atoms. The first kappa shape index (κ1) is 23.2. The van der Waals surface area contributed by atoms with E-state index in [1.54, 1.807) is 17.6 Å². The fraction of sp³-hybridized carbons (Fsp3) is 0.500. The van der Waals surface area contributed by atoms with E-state index in [4.69, 9.17) is 5.73 Å². The van der Waals surface area contributed by atoms with Gasteiger partial charge in [-0.3, -0.25) is 9.59 Å². The molecule has 9 heteroatoms. The van der Waals surface area contributed by atoms with Gasteiger partial charge < -0.3 is 26.2 Å². The van der Waals surface area contributed by atoms with Crippen LogP contribution in [0.1, 0.15) is 38.4 Å². The second kappa shape index (κ2) is 8.94. The Bertz CT molecular complexity index is 969. The number of aliphatic hydroxyl groups excluding tert-OH is 1. The number of amides is 2. The third-order valence-corrected chi connectivity index (χ3v) is 6.59. The number of nitrogens with zero attached hydrogens (tertiary/aromatic N) is 2. The largest absolute Gasteiger partial charge is 0.508 e. The summed E-state index contributed by atoms with van der Waals surface area (Å²) in [6.07, 6.45) is -0.619. The molecule has 1 saturated heterocycles. The number of carbonyl (C=O) groups is 2. The highest BCUT2D eigenvalue weighted by Crippen LogP contribution is 2.31. The summed E-state index contributed by atoms with van der Waals surface area (Å²) in [6, 6.07) is 3.71. The number of rotatable bonds is 5. The van der Waals surface area contributed by atoms with E-state index in [2.05, 4.69) is 10.3 Å². The number of aromatic hydroxyl groups is 1. The fourth-order valence-corrected chi connectivity index (χ4v) is 4.39. The lowest BCUT2D eigenvalue weighted by Gasteiger charge is -2.32. The number of aliphatic hydroxyl groups is 1. The van der Waals surface area contributed by atoms with Crippen molar-refractivity contribution in [1.29, 1.82) is 0 Å². The molecule has 3 atom stereocenters. The number of hydrogen-bond acceptors (Lipinski definition) is 7. The number of phenolic OH excluding ortho intramolecular Hbond substituents is 1. The van der Waals surface area contributed by atoms with Crippen molar-refractivity contribution in [2.45, 2.75) is 58.8 Å². The summed E-state index contributed by atoms with van der Waals surface area (Å²) >= 11 is 1.50. The molecule has 0 bridgehead atoms. The molecular formula is C22H30N4O4S. The molecule has 0 aliphatic carbocycles. The number of β-amino-alcohol motifs (C(OH)–C–C–N with tert-alkyl or cyclic N) is 1. The van der Waals surface area contributed by atoms with E-state index in [9.17, 15) is 19.8 Å². The van der Waals surface area contributed by atoms with E-state index < -0.39 is 23.6 Å². The zero-order valence-corrected chi connectivity index (χ0v) is 19.1. The molecule has 2 aromatic rings. The van der Waals surface area contributed by atoms with Gasteiger partial charge in [-0.2, -0.15) is 0 Å². The van der Waals surface area contributed by atoms with Crippen LogP contribution in [0.3, 0.4) is 0 Å². The number of aromatic nitrogens is 1. The van der Waals surface area contributed by atoms with Crippen LogP contribution >= 0.6 is 11.3 Å². The number of hydrogen-bond donors (Lipinski definition) is 4. The lowest BCUT2D eigenvalue weighted by Crippen LogP contribution is -2.54. The summed E-state index contributed by atoms with van der Waals surface area (Å²) in [4.78, 5) is 32.2. The Morgan fingerprint density at radius 2 is 2.10 bits per heavy atom. The summed E-state index contributed by atoms with van der Waals surface area (Å²) < 4.78 is 0. The van der Waals surface area contributed by atoms with Gasteiger partial charge in [-0.15, -0.1) is 11.3 Å². The van der Waals surface area contributed by atoms with E-state index in [1.165, 1.54) is 16.2 Å². The van der Waals surface area contributed by atoms with Crippen LogP contribution in [0, 0.1) is 12.3 Å². The van der Waals surface area contributed by atoms with Crippen molar-refractivity contribution in [2.24, 2.45) is 11.1 Å². The zero-order valence-electron chi connectivity index (χ0n) is 18.3. The molecule has 1 fully saturated rings. The fourth-order valence-electron chi connectivity index (χ4n) is 3.59. The van der Waals surface area contributed by atoms with Gasteiger partial charge in [0.25, 0.3) is 0 Å². The molecule has 1 aromatic carbocycles. The standard InChI is InChI=1S/C22H30N4O4S/c1-12-18(31-11-25-12)13-5-6-14(17(28)7-13)9-24-20(29)16-8-15(27)10-26(16)21(30)19(23)22(2,3)4/h5-7,11,15-16,19,27-28H,8-10,23H2,1-4H3,(H,24,29)/t15-,16+,19?/m1/s1. The summed E-state index contributed by atoms with van der Waals surface area (Å²) in [5.74, 6) is -0.663. The molecule has 5 N–H and O–H groups in total. The van der Waals surface area contributed by atoms with Crippen molar-refractivity contribution < 1.29 is 19.8 Å². The van der Waals surface area contributed by atoms with Crippen LogP contribution in [0.15, 0.2) is 23.7 Å². The van der Waals surface area contributed by atoms with Gasteiger partial charge in [0, 0.05) is 25.1 Å². The summed E-state index contributed by atoms with van der Waals surface area (Å²) in [5, 5.41) is 23.3. The Morgan fingerprint density at radius 3 is 2.68 bits per heavy atom. The molecule has 0 spiro atoms.